The van der Waals surface area contributed by atoms with Crippen LogP contribution in [0, 0.1) is 5.92 Å². The van der Waals surface area contributed by atoms with Gasteiger partial charge in [-0.05, 0) is 52.5 Å². The van der Waals surface area contributed by atoms with Gasteiger partial charge in [0.25, 0.3) is 0 Å². The highest BCUT2D eigenvalue weighted by atomic mass is 16.6. The maximum absolute atomic E-state index is 12.1. The number of aromatic nitrogens is 2. The van der Waals surface area contributed by atoms with Gasteiger partial charge in [0.2, 0.25) is 5.95 Å². The average molecular weight is 290 g/mol. The van der Waals surface area contributed by atoms with Crippen LogP contribution in [-0.2, 0) is 4.74 Å². The summed E-state index contributed by atoms with van der Waals surface area (Å²) in [5.74, 6) is 1.86. The lowest BCUT2D eigenvalue weighted by molar-refractivity contribution is 0.0718. The third-order valence-electron chi connectivity index (χ3n) is 4.51. The summed E-state index contributed by atoms with van der Waals surface area (Å²) in [5, 5.41) is 3.32. The molecule has 21 heavy (non-hydrogen) atoms. The van der Waals surface area contributed by atoms with Crippen LogP contribution in [0.25, 0.3) is 0 Å². The number of hydrogen-bond acceptors (Lipinski definition) is 5. The second-order valence-electron chi connectivity index (χ2n) is 6.53. The molecule has 1 saturated carbocycles. The molecule has 0 bridgehead atoms. The SMILES string of the molecule is C[C@H](Nc1nccc(N2C(=O)OC(C)(C)[C@@H]2C)n1)C1CC1. The van der Waals surface area contributed by atoms with Gasteiger partial charge in [-0.1, -0.05) is 0 Å². The Morgan fingerprint density at radius 1 is 1.48 bits per heavy atom. The summed E-state index contributed by atoms with van der Waals surface area (Å²) in [5.41, 5.74) is -0.517. The van der Waals surface area contributed by atoms with E-state index >= 15 is 0 Å². The van der Waals surface area contributed by atoms with E-state index in [0.29, 0.717) is 23.7 Å². The van der Waals surface area contributed by atoms with Crippen LogP contribution >= 0.6 is 0 Å². The molecule has 1 saturated heterocycles. The summed E-state index contributed by atoms with van der Waals surface area (Å²) < 4.78 is 5.40. The number of carbonyl (C=O) groups is 1. The first kappa shape index (κ1) is 14.1. The van der Waals surface area contributed by atoms with Crippen molar-refractivity contribution in [2.24, 2.45) is 5.92 Å². The molecule has 6 nitrogen and oxygen atoms in total. The number of amides is 1. The minimum Gasteiger partial charge on any atom is -0.441 e. The van der Waals surface area contributed by atoms with E-state index in [2.05, 4.69) is 22.2 Å². The largest absolute Gasteiger partial charge is 0.441 e. The molecule has 0 spiro atoms. The van der Waals surface area contributed by atoms with Crippen molar-refractivity contribution in [3.8, 4) is 0 Å². The first-order chi connectivity index (χ1) is 9.88. The summed E-state index contributed by atoms with van der Waals surface area (Å²) in [6.07, 6.45) is 3.84. The molecule has 1 aliphatic heterocycles. The molecular weight excluding hydrogens is 268 g/mol. The molecule has 1 aromatic heterocycles. The Kier molecular flexibility index (Phi) is 3.26. The normalized spacial score (nSPS) is 25.6. The highest BCUT2D eigenvalue weighted by Crippen LogP contribution is 2.34. The third-order valence-corrected chi connectivity index (χ3v) is 4.51. The molecular formula is C15H22N4O2. The summed E-state index contributed by atoms with van der Waals surface area (Å²) in [6, 6.07) is 2.03. The molecule has 0 radical (unpaired) electrons. The Bertz CT molecular complexity index is 556. The molecule has 1 aromatic rings. The van der Waals surface area contributed by atoms with E-state index in [1.807, 2.05) is 20.8 Å². The van der Waals surface area contributed by atoms with E-state index in [-0.39, 0.29) is 12.1 Å². The van der Waals surface area contributed by atoms with Crippen LogP contribution in [0.3, 0.4) is 0 Å². The van der Waals surface area contributed by atoms with Crippen molar-refractivity contribution >= 4 is 17.9 Å². The Balaban J connectivity index is 1.80. The highest BCUT2D eigenvalue weighted by molar-refractivity contribution is 5.90. The predicted octanol–water partition coefficient (Wildman–Crippen LogP) is 2.81. The minimum atomic E-state index is -0.517. The number of cyclic esters (lactones) is 1. The van der Waals surface area contributed by atoms with E-state index in [4.69, 9.17) is 4.74 Å². The molecule has 6 heteroatoms. The monoisotopic (exact) mass is 290 g/mol. The summed E-state index contributed by atoms with van der Waals surface area (Å²) >= 11 is 0. The lowest BCUT2D eigenvalue weighted by Gasteiger charge is -2.24. The molecule has 2 fully saturated rings. The predicted molar refractivity (Wildman–Crippen MR) is 80.3 cm³/mol. The van der Waals surface area contributed by atoms with Crippen LogP contribution in [0.2, 0.25) is 0 Å². The number of carbonyl (C=O) groups excluding carboxylic acids is 1. The van der Waals surface area contributed by atoms with Gasteiger partial charge in [-0.3, -0.25) is 4.90 Å². The van der Waals surface area contributed by atoms with Crippen LogP contribution in [0.5, 0.6) is 0 Å². The number of hydrogen-bond donors (Lipinski definition) is 1. The molecule has 2 heterocycles. The summed E-state index contributed by atoms with van der Waals surface area (Å²) in [6.45, 7) is 7.92. The van der Waals surface area contributed by atoms with E-state index < -0.39 is 5.60 Å². The van der Waals surface area contributed by atoms with Crippen LogP contribution in [-0.4, -0.2) is 33.7 Å². The molecule has 0 unspecified atom stereocenters. The van der Waals surface area contributed by atoms with E-state index in [1.165, 1.54) is 12.8 Å². The average Bonchev–Trinajstić information content (AvgIpc) is 3.19. The van der Waals surface area contributed by atoms with Gasteiger partial charge < -0.3 is 10.1 Å². The van der Waals surface area contributed by atoms with Gasteiger partial charge in [0.05, 0.1) is 6.04 Å². The van der Waals surface area contributed by atoms with Gasteiger partial charge in [0.15, 0.2) is 0 Å². The van der Waals surface area contributed by atoms with Gasteiger partial charge in [0.1, 0.15) is 11.4 Å². The number of rotatable bonds is 4. The number of nitrogens with one attached hydrogen (secondary N) is 1. The highest BCUT2D eigenvalue weighted by Gasteiger charge is 2.46. The van der Waals surface area contributed by atoms with E-state index in [9.17, 15) is 4.79 Å². The van der Waals surface area contributed by atoms with Gasteiger partial charge in [-0.15, -0.1) is 0 Å². The Morgan fingerprint density at radius 2 is 2.19 bits per heavy atom. The Labute approximate surface area is 124 Å². The lowest BCUT2D eigenvalue weighted by atomic mass is 10.0. The Morgan fingerprint density at radius 3 is 2.76 bits per heavy atom. The van der Waals surface area contributed by atoms with Crippen molar-refractivity contribution in [3.05, 3.63) is 12.3 Å². The number of ether oxygens (including phenoxy) is 1. The van der Waals surface area contributed by atoms with Gasteiger partial charge in [-0.2, -0.15) is 4.98 Å². The zero-order chi connectivity index (χ0) is 15.2. The first-order valence-electron chi connectivity index (χ1n) is 7.50. The topological polar surface area (TPSA) is 67.4 Å². The molecule has 2 aliphatic rings. The van der Waals surface area contributed by atoms with Crippen molar-refractivity contribution in [1.29, 1.82) is 0 Å². The third kappa shape index (κ3) is 2.66. The van der Waals surface area contributed by atoms with Crippen molar-refractivity contribution in [2.75, 3.05) is 10.2 Å². The molecule has 2 atom stereocenters. The first-order valence-corrected chi connectivity index (χ1v) is 7.50. The molecule has 1 amide bonds. The maximum atomic E-state index is 12.1. The Hall–Kier alpha value is -1.85. The molecule has 1 aliphatic carbocycles. The van der Waals surface area contributed by atoms with Crippen LogP contribution in [0.4, 0.5) is 16.6 Å². The zero-order valence-corrected chi connectivity index (χ0v) is 13.0. The fourth-order valence-corrected chi connectivity index (χ4v) is 2.59. The lowest BCUT2D eigenvalue weighted by Crippen LogP contribution is -2.39. The molecule has 0 aromatic carbocycles. The van der Waals surface area contributed by atoms with Crippen LogP contribution < -0.4 is 10.2 Å². The molecule has 114 valence electrons. The van der Waals surface area contributed by atoms with Gasteiger partial charge >= 0.3 is 6.09 Å². The van der Waals surface area contributed by atoms with E-state index in [1.54, 1.807) is 17.2 Å². The smallest absolute Gasteiger partial charge is 0.416 e. The minimum absolute atomic E-state index is 0.0754. The van der Waals surface area contributed by atoms with Gasteiger partial charge in [0, 0.05) is 12.2 Å². The maximum Gasteiger partial charge on any atom is 0.416 e. The fraction of sp³-hybridized carbons (Fsp3) is 0.667. The second kappa shape index (κ2) is 4.86. The van der Waals surface area contributed by atoms with Crippen molar-refractivity contribution in [3.63, 3.8) is 0 Å². The van der Waals surface area contributed by atoms with Crippen LogP contribution in [0.1, 0.15) is 40.5 Å². The quantitative estimate of drug-likeness (QED) is 0.923. The van der Waals surface area contributed by atoms with E-state index in [0.717, 1.165) is 0 Å². The van der Waals surface area contributed by atoms with Crippen molar-refractivity contribution < 1.29 is 9.53 Å². The number of nitrogens with zero attached hydrogens (tertiary/aromatic N) is 3. The van der Waals surface area contributed by atoms with Crippen molar-refractivity contribution in [1.82, 2.24) is 9.97 Å². The second-order valence-corrected chi connectivity index (χ2v) is 6.53. The van der Waals surface area contributed by atoms with Gasteiger partial charge in [-0.25, -0.2) is 9.78 Å². The summed E-state index contributed by atoms with van der Waals surface area (Å²) in [4.78, 5) is 22.4. The van der Waals surface area contributed by atoms with Crippen molar-refractivity contribution in [2.45, 2.75) is 58.2 Å². The fourth-order valence-electron chi connectivity index (χ4n) is 2.59. The number of anilines is 2. The molecule has 3 rings (SSSR count). The zero-order valence-electron chi connectivity index (χ0n) is 13.0. The molecule has 1 N–H and O–H groups in total. The summed E-state index contributed by atoms with van der Waals surface area (Å²) in [7, 11) is 0. The van der Waals surface area contributed by atoms with Crippen LogP contribution in [0.15, 0.2) is 12.3 Å². The standard InChI is InChI=1S/C15H22N4O2/c1-9(11-5-6-11)17-13-16-8-7-12(18-13)19-10(2)15(3,4)21-14(19)20/h7-11H,5-6H2,1-4H3,(H,16,17,18)/t9-,10-/m0/s1.